The lowest BCUT2D eigenvalue weighted by Crippen LogP contribution is -2.85. The summed E-state index contributed by atoms with van der Waals surface area (Å²) in [4.78, 5) is 42.9. The number of carbonyl (C=O) groups excluding carboxylic acids is 3. The lowest BCUT2D eigenvalue weighted by molar-refractivity contribution is -0.398. The average Bonchev–Trinajstić information content (AvgIpc) is 2.72. The van der Waals surface area contributed by atoms with E-state index in [0.29, 0.717) is 12.0 Å². The average molecular weight is 510 g/mol. The first-order valence-corrected chi connectivity index (χ1v) is 12.2. The molecular weight excluding hydrogens is 470 g/mol. The fourth-order valence-electron chi connectivity index (χ4n) is 7.06. The largest absolute Gasteiger partial charge is 0.443 e. The number of amides is 1. The minimum atomic E-state index is -2.43. The van der Waals surface area contributed by atoms with Gasteiger partial charge in [0.05, 0.1) is 17.1 Å². The van der Waals surface area contributed by atoms with Gasteiger partial charge < -0.3 is 29.6 Å². The number of aliphatic hydroxyl groups excluding tert-OH is 1. The number of ketones is 1. The Balaban J connectivity index is 2.09. The van der Waals surface area contributed by atoms with Crippen LogP contribution in [-0.4, -0.2) is 61.9 Å². The van der Waals surface area contributed by atoms with Crippen molar-refractivity contribution in [3.8, 4) is 0 Å². The maximum absolute atomic E-state index is 13.8. The van der Waals surface area contributed by atoms with Gasteiger partial charge in [-0.2, -0.15) is 0 Å². The predicted molar refractivity (Wildman–Crippen MR) is 128 cm³/mol. The summed E-state index contributed by atoms with van der Waals surface area (Å²) in [6.45, 7) is 15.4. The molecule has 0 radical (unpaired) electrons. The molecule has 1 aliphatic heterocycles. The third kappa shape index (κ3) is 3.98. The van der Waals surface area contributed by atoms with Gasteiger partial charge in [0, 0.05) is 31.3 Å². The molecule has 10 heteroatoms. The molecule has 0 aromatic rings. The number of allylic oxidation sites excluding steroid dienone is 1. The number of hydrogen-bond acceptors (Lipinski definition) is 9. The summed E-state index contributed by atoms with van der Waals surface area (Å²) in [7, 11) is 0. The van der Waals surface area contributed by atoms with Crippen molar-refractivity contribution < 1.29 is 44.0 Å². The second-order valence-corrected chi connectivity index (χ2v) is 12.0. The molecular formula is C26H39NO9. The van der Waals surface area contributed by atoms with Crippen LogP contribution in [0.3, 0.4) is 0 Å². The highest BCUT2D eigenvalue weighted by atomic mass is 16.7. The molecule has 1 heterocycles. The minimum absolute atomic E-state index is 0.0923. The van der Waals surface area contributed by atoms with Crippen molar-refractivity contribution in [1.82, 2.24) is 5.48 Å². The van der Waals surface area contributed by atoms with Crippen molar-refractivity contribution in [2.45, 2.75) is 103 Å². The van der Waals surface area contributed by atoms with E-state index in [4.69, 9.17) is 9.47 Å². The van der Waals surface area contributed by atoms with Gasteiger partial charge >= 0.3 is 12.1 Å². The van der Waals surface area contributed by atoms with Crippen LogP contribution in [0.4, 0.5) is 4.79 Å². The molecule has 202 valence electrons. The van der Waals surface area contributed by atoms with E-state index in [1.54, 1.807) is 20.8 Å². The van der Waals surface area contributed by atoms with Gasteiger partial charge in [-0.15, -0.1) is 12.1 Å². The Bertz CT molecular complexity index is 1000. The zero-order valence-corrected chi connectivity index (χ0v) is 22.1. The van der Waals surface area contributed by atoms with E-state index < -0.39 is 63.3 Å². The second kappa shape index (κ2) is 8.65. The third-order valence-corrected chi connectivity index (χ3v) is 8.59. The van der Waals surface area contributed by atoms with E-state index >= 15 is 0 Å². The topological polar surface area (TPSA) is 152 Å². The minimum Gasteiger partial charge on any atom is -0.414 e. The molecule has 2 saturated carbocycles. The monoisotopic (exact) mass is 509 g/mol. The number of hydroxylamine groups is 1. The van der Waals surface area contributed by atoms with Crippen LogP contribution in [0.5, 0.6) is 0 Å². The molecule has 1 saturated heterocycles. The number of hydrogen-bond donors (Lipinski definition) is 4. The summed E-state index contributed by atoms with van der Waals surface area (Å²) < 4.78 is 11.7. The van der Waals surface area contributed by atoms with E-state index in [9.17, 15) is 29.7 Å². The molecule has 4 N–H and O–H groups in total. The highest BCUT2D eigenvalue weighted by molar-refractivity contribution is 5.92. The molecule has 0 bridgehead atoms. The first-order valence-electron chi connectivity index (χ1n) is 12.2. The highest BCUT2D eigenvalue weighted by Crippen LogP contribution is 2.69. The van der Waals surface area contributed by atoms with Gasteiger partial charge in [0.15, 0.2) is 11.4 Å². The molecule has 3 aliphatic rings. The quantitative estimate of drug-likeness (QED) is 0.195. The summed E-state index contributed by atoms with van der Waals surface area (Å²) in [5, 5.41) is 35.7. The van der Waals surface area contributed by atoms with Crippen LogP contribution in [-0.2, 0) is 23.9 Å². The number of ether oxygens (including phenoxy) is 2. The number of aliphatic hydroxyl groups is 3. The summed E-state index contributed by atoms with van der Waals surface area (Å²) in [6, 6.07) is 0. The molecule has 1 amide bonds. The van der Waals surface area contributed by atoms with Crippen LogP contribution >= 0.6 is 0 Å². The first-order chi connectivity index (χ1) is 16.3. The molecule has 3 fully saturated rings. The van der Waals surface area contributed by atoms with Crippen LogP contribution in [0.15, 0.2) is 24.3 Å². The van der Waals surface area contributed by atoms with Gasteiger partial charge in [-0.1, -0.05) is 25.5 Å². The normalized spacial score (nSPS) is 43.3. The summed E-state index contributed by atoms with van der Waals surface area (Å²) in [6.07, 6.45) is 0.0303. The van der Waals surface area contributed by atoms with Crippen molar-refractivity contribution in [1.29, 1.82) is 0 Å². The Morgan fingerprint density at radius 2 is 1.75 bits per heavy atom. The molecule has 0 unspecified atom stereocenters. The molecule has 0 spiro atoms. The zero-order chi connectivity index (χ0) is 27.5. The Kier molecular flexibility index (Phi) is 6.80. The summed E-state index contributed by atoms with van der Waals surface area (Å²) in [5.41, 5.74) is -5.19. The molecule has 7 atom stereocenters. The van der Waals surface area contributed by atoms with Gasteiger partial charge in [0.1, 0.15) is 5.60 Å². The maximum atomic E-state index is 13.8. The van der Waals surface area contributed by atoms with E-state index in [1.807, 2.05) is 19.3 Å². The standard InChI is InChI=1S/C26H39NO9/c1-9-22(6)14-17(29)26(33)23(7,36-22)13-16(28)19-21(4,5)10-11-25(32,24(19,26)8)34-20(31)27-35-18(30)12-15(2)3/h9,12,16,19,28,32-33H,1,10-11,13-14H2,2-8H3,(H,27,31)/t16-,19+,22+,23-,24-,25-,26-/m1/s1. The fraction of sp³-hybridized carbons (Fsp3) is 0.731. The Labute approximate surface area is 211 Å². The van der Waals surface area contributed by atoms with Crippen LogP contribution < -0.4 is 5.48 Å². The Hall–Kier alpha value is -2.27. The Morgan fingerprint density at radius 1 is 1.14 bits per heavy atom. The fourth-order valence-corrected chi connectivity index (χ4v) is 7.06. The summed E-state index contributed by atoms with van der Waals surface area (Å²) in [5.74, 6) is -4.78. The lowest BCUT2D eigenvalue weighted by atomic mass is 9.39. The van der Waals surface area contributed by atoms with Gasteiger partial charge in [0.2, 0.25) is 5.79 Å². The predicted octanol–water partition coefficient (Wildman–Crippen LogP) is 2.46. The van der Waals surface area contributed by atoms with Gasteiger partial charge in [-0.3, -0.25) is 4.79 Å². The summed E-state index contributed by atoms with van der Waals surface area (Å²) >= 11 is 0. The Morgan fingerprint density at radius 3 is 2.31 bits per heavy atom. The van der Waals surface area contributed by atoms with Gasteiger partial charge in [-0.25, -0.2) is 9.59 Å². The third-order valence-electron chi connectivity index (χ3n) is 8.59. The number of carbonyl (C=O) groups is 3. The zero-order valence-electron chi connectivity index (χ0n) is 22.1. The number of Topliss-reactive ketones (excluding diaryl/α,β-unsaturated/α-hetero) is 1. The van der Waals surface area contributed by atoms with Gasteiger partial charge in [-0.05, 0) is 46.5 Å². The maximum Gasteiger partial charge on any atom is 0.443 e. The molecule has 2 aliphatic carbocycles. The van der Waals surface area contributed by atoms with Crippen LogP contribution in [0.25, 0.3) is 0 Å². The molecule has 3 rings (SSSR count). The van der Waals surface area contributed by atoms with Crippen molar-refractivity contribution in [2.24, 2.45) is 16.7 Å². The smallest absolute Gasteiger partial charge is 0.414 e. The molecule has 10 nitrogen and oxygen atoms in total. The molecule has 0 aromatic carbocycles. The van der Waals surface area contributed by atoms with E-state index in [-0.39, 0.29) is 19.3 Å². The molecule has 36 heavy (non-hydrogen) atoms. The van der Waals surface area contributed by atoms with Crippen LogP contribution in [0, 0.1) is 16.7 Å². The van der Waals surface area contributed by atoms with E-state index in [0.717, 1.165) is 6.08 Å². The number of rotatable bonds is 3. The highest BCUT2D eigenvalue weighted by Gasteiger charge is 2.82. The van der Waals surface area contributed by atoms with Crippen molar-refractivity contribution in [2.75, 3.05) is 0 Å². The van der Waals surface area contributed by atoms with E-state index in [1.165, 1.54) is 19.9 Å². The number of nitrogens with one attached hydrogen (secondary N) is 1. The second-order valence-electron chi connectivity index (χ2n) is 12.0. The van der Waals surface area contributed by atoms with Crippen molar-refractivity contribution in [3.05, 3.63) is 24.3 Å². The SMILES string of the molecule is C=C[C@@]1(C)CC(=O)[C@]2(O)[C@]3(C)[C@@H]([C@H](O)C[C@@]2(C)O1)C(C)(C)CC[C@@]3(O)OC(=O)NOC(=O)C=C(C)C. The molecule has 0 aromatic heterocycles. The van der Waals surface area contributed by atoms with E-state index in [2.05, 4.69) is 11.4 Å². The first kappa shape index (κ1) is 28.3. The van der Waals surface area contributed by atoms with Gasteiger partial charge in [0.25, 0.3) is 0 Å². The van der Waals surface area contributed by atoms with Crippen LogP contribution in [0.1, 0.15) is 74.1 Å². The van der Waals surface area contributed by atoms with Crippen molar-refractivity contribution in [3.63, 3.8) is 0 Å². The van der Waals surface area contributed by atoms with Crippen LogP contribution in [0.2, 0.25) is 0 Å². The van der Waals surface area contributed by atoms with Crippen molar-refractivity contribution >= 4 is 17.8 Å². The lowest BCUT2D eigenvalue weighted by Gasteiger charge is -2.71. The number of fused-ring (bicyclic) bond motifs is 3.